The van der Waals surface area contributed by atoms with E-state index in [1.165, 1.54) is 6.20 Å². The van der Waals surface area contributed by atoms with E-state index < -0.39 is 23.4 Å². The Balaban J connectivity index is 1.71. The van der Waals surface area contributed by atoms with E-state index >= 15 is 0 Å². The minimum Gasteiger partial charge on any atom is -0.445 e. The molecule has 0 aliphatic rings. The molecule has 204 valence electrons. The highest BCUT2D eigenvalue weighted by molar-refractivity contribution is 6.00. The fourth-order valence-electron chi connectivity index (χ4n) is 3.59. The molecule has 0 radical (unpaired) electrons. The van der Waals surface area contributed by atoms with Gasteiger partial charge in [0.25, 0.3) is 5.91 Å². The van der Waals surface area contributed by atoms with Crippen LogP contribution in [0.3, 0.4) is 0 Å². The first-order chi connectivity index (χ1) is 18.8. The molecule has 0 saturated heterocycles. The molecule has 0 aliphatic carbocycles. The maximum Gasteiger partial charge on any atom is 0.408 e. The van der Waals surface area contributed by atoms with E-state index in [9.17, 15) is 14.4 Å². The largest absolute Gasteiger partial charge is 0.445 e. The van der Waals surface area contributed by atoms with Crippen LogP contribution in [0.15, 0.2) is 103 Å². The first-order valence-electron chi connectivity index (χ1n) is 12.9. The molecule has 0 aromatic heterocycles. The zero-order chi connectivity index (χ0) is 28.1. The van der Waals surface area contributed by atoms with Crippen molar-refractivity contribution in [3.8, 4) is 0 Å². The minimum atomic E-state index is -1.36. The van der Waals surface area contributed by atoms with E-state index in [-0.39, 0.29) is 24.8 Å². The van der Waals surface area contributed by atoms with Crippen molar-refractivity contribution in [2.24, 2.45) is 5.92 Å². The van der Waals surface area contributed by atoms with Crippen molar-refractivity contribution >= 4 is 17.9 Å². The summed E-state index contributed by atoms with van der Waals surface area (Å²) in [5.41, 5.74) is 1.43. The van der Waals surface area contributed by atoms with Crippen LogP contribution in [-0.2, 0) is 34.0 Å². The first kappa shape index (κ1) is 29.0. The predicted octanol–water partition coefficient (Wildman–Crippen LogP) is 4.39. The van der Waals surface area contributed by atoms with Crippen molar-refractivity contribution < 1.29 is 19.1 Å². The lowest BCUT2D eigenvalue weighted by atomic mass is 9.87. The molecule has 3 rings (SSSR count). The molecular formula is C31H36N4O4. The zero-order valence-corrected chi connectivity index (χ0v) is 22.6. The van der Waals surface area contributed by atoms with Gasteiger partial charge < -0.3 is 26.0 Å². The highest BCUT2D eigenvalue weighted by Crippen LogP contribution is 2.18. The highest BCUT2D eigenvalue weighted by atomic mass is 16.5. The number of carbonyl (C=O) groups is 3. The predicted molar refractivity (Wildman–Crippen MR) is 151 cm³/mol. The first-order valence-corrected chi connectivity index (χ1v) is 12.9. The summed E-state index contributed by atoms with van der Waals surface area (Å²) in [5.74, 6) is -1.32. The third-order valence-corrected chi connectivity index (χ3v) is 6.39. The van der Waals surface area contributed by atoms with Gasteiger partial charge in [-0.3, -0.25) is 9.59 Å². The summed E-state index contributed by atoms with van der Waals surface area (Å²) in [7, 11) is 0. The molecule has 3 amide bonds. The molecule has 0 spiro atoms. The van der Waals surface area contributed by atoms with Crippen molar-refractivity contribution in [2.75, 3.05) is 0 Å². The number of hydrogen-bond acceptors (Lipinski definition) is 5. The number of ether oxygens (including phenoxy) is 1. The number of hydrogen-bond donors (Lipinski definition) is 4. The summed E-state index contributed by atoms with van der Waals surface area (Å²) >= 11 is 0. The Bertz CT molecular complexity index is 1250. The Morgan fingerprint density at radius 3 is 1.85 bits per heavy atom. The van der Waals surface area contributed by atoms with Gasteiger partial charge in [0.15, 0.2) is 0 Å². The van der Waals surface area contributed by atoms with Gasteiger partial charge in [0.05, 0.1) is 0 Å². The smallest absolute Gasteiger partial charge is 0.408 e. The quantitative estimate of drug-likeness (QED) is 0.261. The molecule has 3 aromatic rings. The van der Waals surface area contributed by atoms with Crippen LogP contribution < -0.4 is 21.3 Å². The average Bonchev–Trinajstić information content (AvgIpc) is 2.95. The molecule has 0 aliphatic heterocycles. The zero-order valence-electron chi connectivity index (χ0n) is 22.6. The van der Waals surface area contributed by atoms with Gasteiger partial charge in [-0.2, -0.15) is 0 Å². The summed E-state index contributed by atoms with van der Waals surface area (Å²) in [6.07, 6.45) is 0.742. The van der Waals surface area contributed by atoms with Gasteiger partial charge in [0, 0.05) is 19.3 Å². The van der Waals surface area contributed by atoms with Crippen molar-refractivity contribution in [1.82, 2.24) is 21.3 Å². The van der Waals surface area contributed by atoms with Gasteiger partial charge in [-0.25, -0.2) is 4.79 Å². The molecule has 0 unspecified atom stereocenters. The van der Waals surface area contributed by atoms with Crippen LogP contribution in [-0.4, -0.2) is 23.4 Å². The fraction of sp³-hybridized carbons (Fsp3) is 0.258. The lowest BCUT2D eigenvalue weighted by Crippen LogP contribution is -2.60. The van der Waals surface area contributed by atoms with E-state index in [1.807, 2.05) is 105 Å². The van der Waals surface area contributed by atoms with E-state index in [1.54, 1.807) is 6.92 Å². The summed E-state index contributed by atoms with van der Waals surface area (Å²) < 4.78 is 5.34. The van der Waals surface area contributed by atoms with Crippen molar-refractivity contribution in [1.29, 1.82) is 0 Å². The molecule has 39 heavy (non-hydrogen) atoms. The lowest BCUT2D eigenvalue weighted by Gasteiger charge is -2.33. The van der Waals surface area contributed by atoms with Crippen LogP contribution in [0, 0.1) is 5.92 Å². The topological polar surface area (TPSA) is 109 Å². The van der Waals surface area contributed by atoms with Gasteiger partial charge in [0.1, 0.15) is 17.8 Å². The molecule has 0 heterocycles. The number of carbonyl (C=O) groups excluding carboxylic acids is 3. The Labute approximate surface area is 229 Å². The van der Waals surface area contributed by atoms with E-state index in [0.29, 0.717) is 6.54 Å². The van der Waals surface area contributed by atoms with Gasteiger partial charge in [-0.15, -0.1) is 0 Å². The molecule has 8 nitrogen and oxygen atoms in total. The van der Waals surface area contributed by atoms with Crippen LogP contribution in [0.5, 0.6) is 0 Å². The molecule has 0 saturated carbocycles. The SMILES string of the molecule is CC(C)[C@](C)(NC(=O)OCc1ccccc1)C(=O)NC(=CNCc1ccccc1)C(=O)NCc1ccccc1. The van der Waals surface area contributed by atoms with E-state index in [2.05, 4.69) is 21.3 Å². The average molecular weight is 529 g/mol. The second-order valence-corrected chi connectivity index (χ2v) is 9.59. The van der Waals surface area contributed by atoms with Gasteiger partial charge >= 0.3 is 6.09 Å². The second-order valence-electron chi connectivity index (χ2n) is 9.59. The van der Waals surface area contributed by atoms with Crippen LogP contribution >= 0.6 is 0 Å². The summed E-state index contributed by atoms with van der Waals surface area (Å²) in [6.45, 7) is 6.04. The molecule has 0 bridgehead atoms. The fourth-order valence-corrected chi connectivity index (χ4v) is 3.59. The molecule has 3 aromatic carbocycles. The molecule has 8 heteroatoms. The Kier molecular flexibility index (Phi) is 10.7. The number of alkyl carbamates (subject to hydrolysis) is 1. The summed E-state index contributed by atoms with van der Waals surface area (Å²) in [5, 5.41) is 11.3. The lowest BCUT2D eigenvalue weighted by molar-refractivity contribution is -0.129. The number of rotatable bonds is 12. The Morgan fingerprint density at radius 2 is 1.31 bits per heavy atom. The van der Waals surface area contributed by atoms with Crippen molar-refractivity contribution in [3.63, 3.8) is 0 Å². The molecule has 4 N–H and O–H groups in total. The summed E-state index contributed by atoms with van der Waals surface area (Å²) in [6, 6.07) is 28.4. The van der Waals surface area contributed by atoms with Crippen molar-refractivity contribution in [2.45, 2.75) is 46.0 Å². The number of nitrogens with one attached hydrogen (secondary N) is 4. The van der Waals surface area contributed by atoms with E-state index in [4.69, 9.17) is 4.74 Å². The van der Waals surface area contributed by atoms with Gasteiger partial charge in [-0.05, 0) is 29.5 Å². The van der Waals surface area contributed by atoms with Gasteiger partial charge in [-0.1, -0.05) is 105 Å². The van der Waals surface area contributed by atoms with Gasteiger partial charge in [0.2, 0.25) is 5.91 Å². The third kappa shape index (κ3) is 9.03. The normalized spacial score (nSPS) is 12.7. The molecular weight excluding hydrogens is 492 g/mol. The Morgan fingerprint density at radius 1 is 0.795 bits per heavy atom. The minimum absolute atomic E-state index is 0.0261. The van der Waals surface area contributed by atoms with Crippen LogP contribution in [0.25, 0.3) is 0 Å². The second kappa shape index (κ2) is 14.4. The number of amides is 3. The van der Waals surface area contributed by atoms with E-state index in [0.717, 1.165) is 16.7 Å². The third-order valence-electron chi connectivity index (χ3n) is 6.39. The highest BCUT2D eigenvalue weighted by Gasteiger charge is 2.39. The molecule has 1 atom stereocenters. The van der Waals surface area contributed by atoms with Crippen LogP contribution in [0.4, 0.5) is 4.79 Å². The number of benzene rings is 3. The van der Waals surface area contributed by atoms with Crippen LogP contribution in [0.1, 0.15) is 37.5 Å². The van der Waals surface area contributed by atoms with Crippen molar-refractivity contribution in [3.05, 3.63) is 120 Å². The standard InChI is InChI=1S/C31H36N4O4/c1-23(2)31(3,35-30(38)39-22-26-17-11-6-12-18-26)29(37)34-27(21-32-19-24-13-7-4-8-14-24)28(36)33-20-25-15-9-5-10-16-25/h4-18,21,23,32H,19-20,22H2,1-3H3,(H,33,36)(H,34,37)(H,35,38)/t31-/m0/s1. The maximum absolute atomic E-state index is 13.5. The monoisotopic (exact) mass is 528 g/mol. The maximum atomic E-state index is 13.5. The Hall–Kier alpha value is -4.59. The molecule has 0 fully saturated rings. The summed E-state index contributed by atoms with van der Waals surface area (Å²) in [4.78, 5) is 39.3. The van der Waals surface area contributed by atoms with Crippen LogP contribution in [0.2, 0.25) is 0 Å².